The topological polar surface area (TPSA) is 55.9 Å². The molecule has 2 aromatic carbocycles. The highest BCUT2D eigenvalue weighted by Gasteiger charge is 2.33. The Hall–Kier alpha value is -2.41. The first kappa shape index (κ1) is 25.2. The molecule has 3 aliphatic rings. The van der Waals surface area contributed by atoms with Crippen molar-refractivity contribution in [3.05, 3.63) is 69.7 Å². The second-order valence-corrected chi connectivity index (χ2v) is 11.1. The number of hydrogen-bond donors (Lipinski definition) is 1. The predicted octanol–water partition coefficient (Wildman–Crippen LogP) is 4.39. The highest BCUT2D eigenvalue weighted by Crippen LogP contribution is 2.33. The van der Waals surface area contributed by atoms with Crippen LogP contribution in [0, 0.1) is 0 Å². The molecule has 1 saturated carbocycles. The van der Waals surface area contributed by atoms with Gasteiger partial charge >= 0.3 is 0 Å². The number of rotatable bonds is 5. The quantitative estimate of drug-likeness (QED) is 0.651. The highest BCUT2D eigenvalue weighted by atomic mass is 35.5. The molecule has 0 radical (unpaired) electrons. The highest BCUT2D eigenvalue weighted by molar-refractivity contribution is 6.33. The lowest BCUT2D eigenvalue weighted by atomic mass is 9.88. The van der Waals surface area contributed by atoms with E-state index in [9.17, 15) is 9.59 Å². The Kier molecular flexibility index (Phi) is 7.65. The summed E-state index contributed by atoms with van der Waals surface area (Å²) in [5.74, 6) is -0.102. The van der Waals surface area contributed by atoms with Gasteiger partial charge in [0.1, 0.15) is 0 Å². The van der Waals surface area contributed by atoms with Crippen LogP contribution in [0.2, 0.25) is 5.02 Å². The molecule has 3 atom stereocenters. The smallest absolute Gasteiger partial charge is 0.253 e. The summed E-state index contributed by atoms with van der Waals surface area (Å²) in [5, 5.41) is 3.58. The lowest BCUT2D eigenvalue weighted by Crippen LogP contribution is -2.52. The summed E-state index contributed by atoms with van der Waals surface area (Å²) in [6, 6.07) is 13.8. The van der Waals surface area contributed by atoms with E-state index in [1.54, 1.807) is 12.1 Å². The Morgan fingerprint density at radius 3 is 2.58 bits per heavy atom. The van der Waals surface area contributed by atoms with E-state index in [1.165, 1.54) is 18.4 Å². The van der Waals surface area contributed by atoms with Gasteiger partial charge < -0.3 is 15.1 Å². The first-order valence-corrected chi connectivity index (χ1v) is 13.7. The number of benzene rings is 2. The number of hydrogen-bond acceptors (Lipinski definition) is 4. The molecule has 7 heteroatoms. The lowest BCUT2D eigenvalue weighted by Gasteiger charge is -2.43. The van der Waals surface area contributed by atoms with Gasteiger partial charge in [0.05, 0.1) is 16.6 Å². The average molecular weight is 509 g/mol. The molecule has 0 unspecified atom stereocenters. The maximum Gasteiger partial charge on any atom is 0.253 e. The molecule has 6 nitrogen and oxygen atoms in total. The maximum absolute atomic E-state index is 13.6. The molecule has 0 spiro atoms. The Morgan fingerprint density at radius 2 is 1.81 bits per heavy atom. The number of carbonyl (C=O) groups excluding carboxylic acids is 2. The van der Waals surface area contributed by atoms with Crippen molar-refractivity contribution in [3.8, 4) is 0 Å². The summed E-state index contributed by atoms with van der Waals surface area (Å²) in [6.07, 6.45) is 6.23. The minimum absolute atomic E-state index is 0.0740. The van der Waals surface area contributed by atoms with Crippen LogP contribution < -0.4 is 5.32 Å². The zero-order chi connectivity index (χ0) is 25.2. The van der Waals surface area contributed by atoms with Gasteiger partial charge in [0.15, 0.2) is 0 Å². The fourth-order valence-electron chi connectivity index (χ4n) is 6.15. The molecule has 36 heavy (non-hydrogen) atoms. The molecule has 1 aliphatic heterocycles. The van der Waals surface area contributed by atoms with Gasteiger partial charge in [-0.25, -0.2) is 0 Å². The molecule has 5 rings (SSSR count). The Morgan fingerprint density at radius 1 is 1.03 bits per heavy atom. The lowest BCUT2D eigenvalue weighted by molar-refractivity contribution is 0.0496. The van der Waals surface area contributed by atoms with Crippen molar-refractivity contribution in [2.75, 3.05) is 40.3 Å². The van der Waals surface area contributed by atoms with Crippen LogP contribution in [-0.4, -0.2) is 78.9 Å². The van der Waals surface area contributed by atoms with Crippen molar-refractivity contribution in [1.29, 1.82) is 0 Å². The third-order valence-corrected chi connectivity index (χ3v) is 8.77. The zero-order valence-electron chi connectivity index (χ0n) is 21.4. The number of nitrogens with one attached hydrogen (secondary N) is 1. The summed E-state index contributed by atoms with van der Waals surface area (Å²) in [7, 11) is 4.15. The Labute approximate surface area is 219 Å². The molecule has 2 amide bonds. The molecule has 192 valence electrons. The number of likely N-dealkylation sites (N-methyl/N-ethyl adjacent to an activating group) is 1. The van der Waals surface area contributed by atoms with Gasteiger partial charge in [0, 0.05) is 50.9 Å². The van der Waals surface area contributed by atoms with Crippen molar-refractivity contribution in [1.82, 2.24) is 20.0 Å². The van der Waals surface area contributed by atoms with E-state index in [2.05, 4.69) is 28.2 Å². The van der Waals surface area contributed by atoms with E-state index < -0.39 is 0 Å². The molecular weight excluding hydrogens is 472 g/mol. The Bertz CT molecular complexity index is 1110. The number of amides is 2. The van der Waals surface area contributed by atoms with Crippen molar-refractivity contribution >= 4 is 23.4 Å². The van der Waals surface area contributed by atoms with E-state index in [1.807, 2.05) is 36.2 Å². The van der Waals surface area contributed by atoms with Gasteiger partial charge in [-0.1, -0.05) is 29.8 Å². The summed E-state index contributed by atoms with van der Waals surface area (Å²) < 4.78 is 0. The average Bonchev–Trinajstić information content (AvgIpc) is 3.30. The van der Waals surface area contributed by atoms with Crippen molar-refractivity contribution in [3.63, 3.8) is 0 Å². The molecule has 2 aromatic rings. The minimum atomic E-state index is -0.176. The van der Waals surface area contributed by atoms with Gasteiger partial charge in [0.2, 0.25) is 0 Å². The molecule has 0 aromatic heterocycles. The van der Waals surface area contributed by atoms with Crippen LogP contribution in [0.5, 0.6) is 0 Å². The van der Waals surface area contributed by atoms with Crippen LogP contribution in [0.4, 0.5) is 0 Å². The number of fused-ring (bicyclic) bond motifs is 1. The van der Waals surface area contributed by atoms with E-state index in [-0.39, 0.29) is 23.9 Å². The predicted molar refractivity (Wildman–Crippen MR) is 144 cm³/mol. The molecule has 2 aliphatic carbocycles. The second kappa shape index (κ2) is 10.9. The van der Waals surface area contributed by atoms with E-state index in [0.717, 1.165) is 57.4 Å². The number of aryl methyl sites for hydroxylation is 1. The van der Waals surface area contributed by atoms with Crippen LogP contribution in [0.1, 0.15) is 70.0 Å². The molecular formula is C29H37ClN4O2. The van der Waals surface area contributed by atoms with Crippen molar-refractivity contribution < 1.29 is 9.59 Å². The first-order chi connectivity index (χ1) is 17.4. The number of carbonyl (C=O) groups is 2. The van der Waals surface area contributed by atoms with Crippen LogP contribution in [0.15, 0.2) is 42.5 Å². The van der Waals surface area contributed by atoms with Crippen molar-refractivity contribution in [2.45, 2.75) is 56.7 Å². The maximum atomic E-state index is 13.6. The normalized spacial score (nSPS) is 24.8. The summed E-state index contributed by atoms with van der Waals surface area (Å²) in [5.41, 5.74) is 3.43. The molecule has 1 N–H and O–H groups in total. The SMILES string of the molecule is CN1CCN([C@@H]2CCC[C@H](N(C)C(=O)c3ccc4c(c3)[C@H](NC(=O)c3ccccc3Cl)CC4)C2)CC1. The first-order valence-electron chi connectivity index (χ1n) is 13.3. The Balaban J connectivity index is 1.26. The fourth-order valence-corrected chi connectivity index (χ4v) is 6.37. The van der Waals surface area contributed by atoms with Gasteiger partial charge in [0.25, 0.3) is 11.8 Å². The summed E-state index contributed by atoms with van der Waals surface area (Å²) >= 11 is 6.23. The third kappa shape index (κ3) is 5.31. The van der Waals surface area contributed by atoms with E-state index >= 15 is 0 Å². The van der Waals surface area contributed by atoms with Crippen LogP contribution in [0.25, 0.3) is 0 Å². The zero-order valence-corrected chi connectivity index (χ0v) is 22.1. The fraction of sp³-hybridized carbons (Fsp3) is 0.517. The monoisotopic (exact) mass is 508 g/mol. The van der Waals surface area contributed by atoms with Crippen LogP contribution in [-0.2, 0) is 6.42 Å². The molecule has 0 bridgehead atoms. The van der Waals surface area contributed by atoms with E-state index in [0.29, 0.717) is 22.2 Å². The summed E-state index contributed by atoms with van der Waals surface area (Å²) in [6.45, 7) is 4.49. The van der Waals surface area contributed by atoms with E-state index in [4.69, 9.17) is 11.6 Å². The second-order valence-electron chi connectivity index (χ2n) is 10.7. The standard InChI is InChI=1S/C29H37ClN4O2/c1-32-14-16-34(17-15-32)23-7-5-6-22(19-23)33(2)29(36)21-11-10-20-12-13-27(25(20)18-21)31-28(35)24-8-3-4-9-26(24)30/h3-4,8-11,18,22-23,27H,5-7,12-17,19H2,1-2H3,(H,31,35)/t22-,23+,27+/m0/s1. The van der Waals surface area contributed by atoms with Crippen LogP contribution >= 0.6 is 11.6 Å². The summed E-state index contributed by atoms with van der Waals surface area (Å²) in [4.78, 5) is 33.4. The third-order valence-electron chi connectivity index (χ3n) is 8.44. The van der Waals surface area contributed by atoms with Gasteiger partial charge in [-0.05, 0) is 81.0 Å². The van der Waals surface area contributed by atoms with Gasteiger partial charge in [-0.2, -0.15) is 0 Å². The molecule has 1 heterocycles. The van der Waals surface area contributed by atoms with Gasteiger partial charge in [-0.3, -0.25) is 14.5 Å². The number of halogens is 1. The number of nitrogens with zero attached hydrogens (tertiary/aromatic N) is 3. The number of piperazine rings is 1. The molecule has 1 saturated heterocycles. The largest absolute Gasteiger partial charge is 0.345 e. The van der Waals surface area contributed by atoms with Crippen molar-refractivity contribution in [2.24, 2.45) is 0 Å². The minimum Gasteiger partial charge on any atom is -0.345 e. The van der Waals surface area contributed by atoms with Crippen LogP contribution in [0.3, 0.4) is 0 Å². The van der Waals surface area contributed by atoms with Gasteiger partial charge in [-0.15, -0.1) is 0 Å². The molecule has 2 fully saturated rings.